The van der Waals surface area contributed by atoms with Gasteiger partial charge < -0.3 is 14.4 Å². The Kier molecular flexibility index (Phi) is 13.1. The SMILES string of the molecule is C=CCCCS(=O)(=NC(=O)c1ccc2c(c1)N(C[C@@H]1CC[C@H]1[C@H](C=C)OC(C)=O)Cc1ccc(Cl)cc1CCCCO2)NC(=O)CC. The van der Waals surface area contributed by atoms with Crippen LogP contribution in [-0.4, -0.2) is 47.0 Å². The van der Waals surface area contributed by atoms with Crippen LogP contribution in [0.25, 0.3) is 0 Å². The third-order valence-corrected chi connectivity index (χ3v) is 10.8. The van der Waals surface area contributed by atoms with Crippen molar-refractivity contribution in [3.05, 3.63) is 83.4 Å². The quantitative estimate of drug-likeness (QED) is 0.143. The highest BCUT2D eigenvalue weighted by Gasteiger charge is 2.39. The average molecular weight is 684 g/mol. The summed E-state index contributed by atoms with van der Waals surface area (Å²) in [6.07, 6.45) is 8.61. The van der Waals surface area contributed by atoms with Gasteiger partial charge >= 0.3 is 5.97 Å². The third-order valence-electron chi connectivity index (χ3n) is 8.72. The van der Waals surface area contributed by atoms with Crippen molar-refractivity contribution < 1.29 is 28.1 Å². The van der Waals surface area contributed by atoms with Gasteiger partial charge in [-0.05, 0) is 92.3 Å². The largest absolute Gasteiger partial charge is 0.491 e. The van der Waals surface area contributed by atoms with Crippen molar-refractivity contribution in [3.63, 3.8) is 0 Å². The Morgan fingerprint density at radius 2 is 1.98 bits per heavy atom. The second kappa shape index (κ2) is 17.0. The van der Waals surface area contributed by atoms with E-state index in [9.17, 15) is 18.6 Å². The molecule has 4 rings (SSSR count). The van der Waals surface area contributed by atoms with Crippen molar-refractivity contribution in [2.75, 3.05) is 23.8 Å². The summed E-state index contributed by atoms with van der Waals surface area (Å²) in [5.74, 6) is -0.520. The lowest BCUT2D eigenvalue weighted by atomic mass is 9.70. The van der Waals surface area contributed by atoms with Crippen LogP contribution >= 0.6 is 11.6 Å². The van der Waals surface area contributed by atoms with E-state index in [0.29, 0.717) is 49.0 Å². The molecule has 9 nitrogen and oxygen atoms in total. The summed E-state index contributed by atoms with van der Waals surface area (Å²) < 4.78 is 32.2. The summed E-state index contributed by atoms with van der Waals surface area (Å²) in [5.41, 5.74) is 3.22. The number of esters is 1. The van der Waals surface area contributed by atoms with Gasteiger partial charge in [0.05, 0.1) is 18.0 Å². The molecule has 1 unspecified atom stereocenters. The molecule has 1 aliphatic carbocycles. The lowest BCUT2D eigenvalue weighted by Gasteiger charge is -2.43. The molecule has 1 N–H and O–H groups in total. The fourth-order valence-electron chi connectivity index (χ4n) is 6.07. The molecule has 4 atom stereocenters. The number of carbonyl (C=O) groups is 3. The topological polar surface area (TPSA) is 114 Å². The smallest absolute Gasteiger partial charge is 0.303 e. The van der Waals surface area contributed by atoms with Crippen LogP contribution in [0, 0.1) is 11.8 Å². The van der Waals surface area contributed by atoms with Gasteiger partial charge in [-0.1, -0.05) is 43.3 Å². The number of allylic oxidation sites excluding steroid dienone is 1. The number of benzene rings is 2. The van der Waals surface area contributed by atoms with E-state index in [4.69, 9.17) is 21.1 Å². The van der Waals surface area contributed by atoms with Crippen LogP contribution in [0.1, 0.15) is 80.3 Å². The molecule has 1 heterocycles. The predicted molar refractivity (Wildman–Crippen MR) is 187 cm³/mol. The minimum absolute atomic E-state index is 0.0336. The maximum atomic E-state index is 13.7. The van der Waals surface area contributed by atoms with E-state index in [1.165, 1.54) is 6.92 Å². The molecular formula is C36H46ClN3O6S. The summed E-state index contributed by atoms with van der Waals surface area (Å²) in [7, 11) is -3.35. The molecule has 1 aliphatic heterocycles. The van der Waals surface area contributed by atoms with E-state index in [2.05, 4.69) is 27.1 Å². The number of ether oxygens (including phenoxy) is 2. The van der Waals surface area contributed by atoms with Crippen molar-refractivity contribution in [3.8, 4) is 5.75 Å². The first-order chi connectivity index (χ1) is 22.6. The third kappa shape index (κ3) is 9.93. The zero-order valence-corrected chi connectivity index (χ0v) is 29.0. The van der Waals surface area contributed by atoms with Gasteiger partial charge in [0, 0.05) is 42.9 Å². The highest BCUT2D eigenvalue weighted by Crippen LogP contribution is 2.42. The normalized spacial score (nSPS) is 19.5. The molecule has 2 aromatic carbocycles. The van der Waals surface area contributed by atoms with Crippen LogP contribution in [0.15, 0.2) is 66.1 Å². The van der Waals surface area contributed by atoms with Crippen LogP contribution in [0.2, 0.25) is 5.02 Å². The molecule has 47 heavy (non-hydrogen) atoms. The number of amides is 2. The maximum absolute atomic E-state index is 13.7. The number of nitrogens with zero attached hydrogens (tertiary/aromatic N) is 2. The average Bonchev–Trinajstić information content (AvgIpc) is 3.05. The molecule has 254 valence electrons. The number of aryl methyl sites for hydroxylation is 1. The summed E-state index contributed by atoms with van der Waals surface area (Å²) >= 11 is 6.42. The minimum atomic E-state index is -3.35. The molecule has 2 aromatic rings. The fraction of sp³-hybridized carbons (Fsp3) is 0.472. The van der Waals surface area contributed by atoms with E-state index in [-0.39, 0.29) is 35.5 Å². The molecular weight excluding hydrogens is 638 g/mol. The van der Waals surface area contributed by atoms with Gasteiger partial charge in [0.1, 0.15) is 21.8 Å². The lowest BCUT2D eigenvalue weighted by molar-refractivity contribution is -0.149. The molecule has 0 bridgehead atoms. The van der Waals surface area contributed by atoms with Crippen molar-refractivity contribution >= 4 is 45.0 Å². The van der Waals surface area contributed by atoms with Crippen LogP contribution in [0.3, 0.4) is 0 Å². The van der Waals surface area contributed by atoms with E-state index in [1.54, 1.807) is 37.3 Å². The highest BCUT2D eigenvalue weighted by molar-refractivity contribution is 7.92. The Morgan fingerprint density at radius 1 is 1.17 bits per heavy atom. The maximum Gasteiger partial charge on any atom is 0.303 e. The van der Waals surface area contributed by atoms with E-state index < -0.39 is 27.8 Å². The number of hydrogen-bond acceptors (Lipinski definition) is 7. The Bertz CT molecular complexity index is 1600. The molecule has 1 saturated carbocycles. The van der Waals surface area contributed by atoms with Gasteiger partial charge in [0.15, 0.2) is 0 Å². The molecule has 11 heteroatoms. The van der Waals surface area contributed by atoms with Crippen LogP contribution in [-0.2, 0) is 37.2 Å². The van der Waals surface area contributed by atoms with Crippen LogP contribution in [0.5, 0.6) is 5.75 Å². The molecule has 2 amide bonds. The monoisotopic (exact) mass is 683 g/mol. The lowest BCUT2D eigenvalue weighted by Crippen LogP contribution is -2.44. The fourth-order valence-corrected chi connectivity index (χ4v) is 7.94. The first-order valence-electron chi connectivity index (χ1n) is 16.3. The number of nitrogens with one attached hydrogen (secondary N) is 1. The summed E-state index contributed by atoms with van der Waals surface area (Å²) in [6, 6.07) is 11.1. The van der Waals surface area contributed by atoms with Crippen molar-refractivity contribution in [2.24, 2.45) is 16.2 Å². The number of anilines is 1. The van der Waals surface area contributed by atoms with E-state index in [0.717, 1.165) is 43.2 Å². The summed E-state index contributed by atoms with van der Waals surface area (Å²) in [5, 5.41) is 0.678. The number of hydrogen-bond donors (Lipinski definition) is 1. The molecule has 0 saturated heterocycles. The van der Waals surface area contributed by atoms with Gasteiger partial charge in [-0.2, -0.15) is 0 Å². The molecule has 0 aromatic heterocycles. The number of carbonyl (C=O) groups excluding carboxylic acids is 3. The predicted octanol–water partition coefficient (Wildman–Crippen LogP) is 7.22. The number of halogens is 1. The van der Waals surface area contributed by atoms with Gasteiger partial charge in [0.2, 0.25) is 5.91 Å². The molecule has 0 spiro atoms. The standard InChI is InChI=1S/C36H46ClN3O6S/c1-5-8-11-20-47(44,38-35(42)7-3)39-36(43)27-15-18-34-32(22-27)40(24-29-14-17-31(29)33(6-2)46-25(4)41)23-28-13-16-30(37)21-26(28)12-9-10-19-45-34/h5-6,13,15-16,18,21-22,29,31,33H,1-2,7-12,14,17,19-20,23-24H2,3-4H3,(H,38,39,42,43,44)/t29-,31+,33-,47?/m0/s1. The highest BCUT2D eigenvalue weighted by atomic mass is 35.5. The van der Waals surface area contributed by atoms with Crippen LogP contribution < -0.4 is 14.4 Å². The molecule has 2 aliphatic rings. The Hall–Kier alpha value is -3.63. The molecule has 1 fully saturated rings. The van der Waals surface area contributed by atoms with Crippen LogP contribution in [0.4, 0.5) is 5.69 Å². The first-order valence-corrected chi connectivity index (χ1v) is 18.4. The van der Waals surface area contributed by atoms with Crippen molar-refractivity contribution in [1.82, 2.24) is 4.72 Å². The van der Waals surface area contributed by atoms with E-state index >= 15 is 0 Å². The van der Waals surface area contributed by atoms with Gasteiger partial charge in [0.25, 0.3) is 5.91 Å². The number of rotatable bonds is 12. The van der Waals surface area contributed by atoms with Gasteiger partial charge in [-0.25, -0.2) is 4.21 Å². The van der Waals surface area contributed by atoms with Crippen molar-refractivity contribution in [2.45, 2.75) is 77.9 Å². The second-order valence-electron chi connectivity index (χ2n) is 12.1. The van der Waals surface area contributed by atoms with E-state index in [1.807, 2.05) is 18.2 Å². The Balaban J connectivity index is 1.76. The first kappa shape index (κ1) is 36.2. The molecule has 0 radical (unpaired) electrons. The van der Waals surface area contributed by atoms with Gasteiger partial charge in [-0.15, -0.1) is 10.9 Å². The Morgan fingerprint density at radius 3 is 2.66 bits per heavy atom. The number of fused-ring (bicyclic) bond motifs is 2. The zero-order chi connectivity index (χ0) is 34.0. The Labute approximate surface area is 284 Å². The number of unbranched alkanes of at least 4 members (excludes halogenated alkanes) is 1. The second-order valence-corrected chi connectivity index (χ2v) is 14.7. The summed E-state index contributed by atoms with van der Waals surface area (Å²) in [6.45, 7) is 12.3. The van der Waals surface area contributed by atoms with Crippen molar-refractivity contribution in [1.29, 1.82) is 0 Å². The zero-order valence-electron chi connectivity index (χ0n) is 27.4. The summed E-state index contributed by atoms with van der Waals surface area (Å²) in [4.78, 5) is 39.9. The minimum Gasteiger partial charge on any atom is -0.491 e. The van der Waals surface area contributed by atoms with Gasteiger partial charge in [-0.3, -0.25) is 19.1 Å².